The Morgan fingerprint density at radius 2 is 1.63 bits per heavy atom. The molecule has 2 aliphatic rings. The van der Waals surface area contributed by atoms with Gasteiger partial charge < -0.3 is 5.73 Å². The fourth-order valence-corrected chi connectivity index (χ4v) is 4.81. The third-order valence-electron chi connectivity index (χ3n) is 6.22. The molecule has 0 radical (unpaired) electrons. The molecular weight excluding hydrogens is 230 g/mol. The van der Waals surface area contributed by atoms with Crippen LogP contribution in [0.1, 0.15) is 79.1 Å². The van der Waals surface area contributed by atoms with E-state index in [2.05, 4.69) is 27.7 Å². The SMILES string of the molecule is CCC1CCCCC1C1CC(C(C)(C)C)CCC1N. The van der Waals surface area contributed by atoms with Crippen LogP contribution in [0.4, 0.5) is 0 Å². The van der Waals surface area contributed by atoms with Gasteiger partial charge in [0.1, 0.15) is 0 Å². The first kappa shape index (κ1) is 15.4. The molecule has 0 bridgehead atoms. The van der Waals surface area contributed by atoms with Gasteiger partial charge >= 0.3 is 0 Å². The summed E-state index contributed by atoms with van der Waals surface area (Å²) in [7, 11) is 0. The largest absolute Gasteiger partial charge is 0.327 e. The molecule has 0 aromatic heterocycles. The maximum atomic E-state index is 6.53. The van der Waals surface area contributed by atoms with E-state index in [4.69, 9.17) is 5.73 Å². The molecule has 2 saturated carbocycles. The van der Waals surface area contributed by atoms with Gasteiger partial charge in [0.15, 0.2) is 0 Å². The second-order valence-electron chi connectivity index (χ2n) is 8.32. The van der Waals surface area contributed by atoms with Gasteiger partial charge in [-0.15, -0.1) is 0 Å². The highest BCUT2D eigenvalue weighted by atomic mass is 14.7. The molecule has 0 aromatic carbocycles. The molecule has 0 spiro atoms. The Hall–Kier alpha value is -0.0400. The second-order valence-corrected chi connectivity index (χ2v) is 8.32. The van der Waals surface area contributed by atoms with Gasteiger partial charge in [-0.25, -0.2) is 0 Å². The van der Waals surface area contributed by atoms with Crippen molar-refractivity contribution in [2.75, 3.05) is 0 Å². The number of hydrogen-bond donors (Lipinski definition) is 1. The van der Waals surface area contributed by atoms with Crippen molar-refractivity contribution in [2.24, 2.45) is 34.8 Å². The van der Waals surface area contributed by atoms with E-state index in [-0.39, 0.29) is 0 Å². The first-order valence-electron chi connectivity index (χ1n) is 8.69. The molecule has 5 atom stereocenters. The maximum Gasteiger partial charge on any atom is 0.00701 e. The average Bonchev–Trinajstić information content (AvgIpc) is 2.38. The van der Waals surface area contributed by atoms with Gasteiger partial charge in [-0.3, -0.25) is 0 Å². The molecule has 112 valence electrons. The Kier molecular flexibility index (Phi) is 4.98. The highest BCUT2D eigenvalue weighted by Crippen LogP contribution is 2.47. The lowest BCUT2D eigenvalue weighted by molar-refractivity contribution is 0.0529. The molecule has 1 heteroatoms. The summed E-state index contributed by atoms with van der Waals surface area (Å²) >= 11 is 0. The fourth-order valence-electron chi connectivity index (χ4n) is 4.81. The third-order valence-corrected chi connectivity index (χ3v) is 6.22. The summed E-state index contributed by atoms with van der Waals surface area (Å²) in [6, 6.07) is 0.482. The smallest absolute Gasteiger partial charge is 0.00701 e. The molecule has 1 nitrogen and oxygen atoms in total. The van der Waals surface area contributed by atoms with E-state index in [1.807, 2.05) is 0 Å². The average molecular weight is 265 g/mol. The second kappa shape index (κ2) is 6.16. The fraction of sp³-hybridized carbons (Fsp3) is 1.00. The van der Waals surface area contributed by atoms with Crippen LogP contribution in [0.2, 0.25) is 0 Å². The number of hydrogen-bond acceptors (Lipinski definition) is 1. The highest BCUT2D eigenvalue weighted by Gasteiger charge is 2.40. The van der Waals surface area contributed by atoms with Crippen molar-refractivity contribution < 1.29 is 0 Å². The predicted molar refractivity (Wildman–Crippen MR) is 84.0 cm³/mol. The molecule has 0 heterocycles. The number of rotatable bonds is 2. The Morgan fingerprint density at radius 3 is 2.26 bits per heavy atom. The molecule has 0 saturated heterocycles. The van der Waals surface area contributed by atoms with E-state index in [0.717, 1.165) is 23.7 Å². The van der Waals surface area contributed by atoms with Crippen molar-refractivity contribution in [1.29, 1.82) is 0 Å². The lowest BCUT2D eigenvalue weighted by atomic mass is 9.60. The standard InChI is InChI=1S/C18H35N/c1-5-13-8-6-7-9-15(13)16-12-14(18(2,3)4)10-11-17(16)19/h13-17H,5-12,19H2,1-4H3. The zero-order chi connectivity index (χ0) is 14.0. The van der Waals surface area contributed by atoms with Crippen LogP contribution in [0.15, 0.2) is 0 Å². The Bertz CT molecular complexity index is 278. The summed E-state index contributed by atoms with van der Waals surface area (Å²) in [5, 5.41) is 0. The molecule has 0 amide bonds. The Labute approximate surface area is 120 Å². The van der Waals surface area contributed by atoms with Gasteiger partial charge in [-0.1, -0.05) is 53.4 Å². The van der Waals surface area contributed by atoms with Crippen molar-refractivity contribution in [3.05, 3.63) is 0 Å². The molecule has 2 fully saturated rings. The molecule has 19 heavy (non-hydrogen) atoms. The number of nitrogens with two attached hydrogens (primary N) is 1. The van der Waals surface area contributed by atoms with Gasteiger partial charge in [0, 0.05) is 6.04 Å². The zero-order valence-corrected chi connectivity index (χ0v) is 13.6. The maximum absolute atomic E-state index is 6.53. The molecule has 2 aliphatic carbocycles. The van der Waals surface area contributed by atoms with Gasteiger partial charge in [-0.05, 0) is 54.8 Å². The van der Waals surface area contributed by atoms with Gasteiger partial charge in [0.2, 0.25) is 0 Å². The summed E-state index contributed by atoms with van der Waals surface area (Å²) < 4.78 is 0. The third kappa shape index (κ3) is 3.54. The minimum absolute atomic E-state index is 0.467. The van der Waals surface area contributed by atoms with Crippen LogP contribution in [0, 0.1) is 29.1 Å². The summed E-state index contributed by atoms with van der Waals surface area (Å²) in [6.07, 6.45) is 11.2. The van der Waals surface area contributed by atoms with Crippen molar-refractivity contribution >= 4 is 0 Å². The summed E-state index contributed by atoms with van der Waals surface area (Å²) in [4.78, 5) is 0. The van der Waals surface area contributed by atoms with Crippen LogP contribution in [0.5, 0.6) is 0 Å². The molecule has 2 rings (SSSR count). The van der Waals surface area contributed by atoms with E-state index in [1.54, 1.807) is 0 Å². The van der Waals surface area contributed by atoms with E-state index in [9.17, 15) is 0 Å². The monoisotopic (exact) mass is 265 g/mol. The normalized spacial score (nSPS) is 41.2. The van der Waals surface area contributed by atoms with E-state index in [1.165, 1.54) is 51.4 Å². The minimum Gasteiger partial charge on any atom is -0.327 e. The molecule has 0 aromatic rings. The van der Waals surface area contributed by atoms with Crippen molar-refractivity contribution in [1.82, 2.24) is 0 Å². The minimum atomic E-state index is 0.467. The van der Waals surface area contributed by atoms with Crippen molar-refractivity contribution in [3.63, 3.8) is 0 Å². The molecule has 0 aliphatic heterocycles. The van der Waals surface area contributed by atoms with Crippen molar-refractivity contribution in [3.8, 4) is 0 Å². The Morgan fingerprint density at radius 1 is 0.947 bits per heavy atom. The van der Waals surface area contributed by atoms with Gasteiger partial charge in [0.05, 0.1) is 0 Å². The van der Waals surface area contributed by atoms with Crippen LogP contribution in [0.25, 0.3) is 0 Å². The van der Waals surface area contributed by atoms with Gasteiger partial charge in [-0.2, -0.15) is 0 Å². The lowest BCUT2D eigenvalue weighted by Gasteiger charge is -2.47. The van der Waals surface area contributed by atoms with E-state index in [0.29, 0.717) is 11.5 Å². The topological polar surface area (TPSA) is 26.0 Å². The van der Waals surface area contributed by atoms with E-state index < -0.39 is 0 Å². The van der Waals surface area contributed by atoms with E-state index >= 15 is 0 Å². The van der Waals surface area contributed by atoms with Crippen LogP contribution >= 0.6 is 0 Å². The zero-order valence-electron chi connectivity index (χ0n) is 13.6. The summed E-state index contributed by atoms with van der Waals surface area (Å²) in [5.74, 6) is 3.59. The van der Waals surface area contributed by atoms with Crippen LogP contribution in [-0.2, 0) is 0 Å². The highest BCUT2D eigenvalue weighted by molar-refractivity contribution is 4.93. The Balaban J connectivity index is 2.07. The van der Waals surface area contributed by atoms with Crippen LogP contribution < -0.4 is 5.73 Å². The van der Waals surface area contributed by atoms with Crippen LogP contribution in [0.3, 0.4) is 0 Å². The first-order chi connectivity index (χ1) is 8.93. The molecule has 2 N–H and O–H groups in total. The van der Waals surface area contributed by atoms with Crippen molar-refractivity contribution in [2.45, 2.75) is 85.1 Å². The molecular formula is C18H35N. The van der Waals surface area contributed by atoms with Crippen LogP contribution in [-0.4, -0.2) is 6.04 Å². The molecule has 5 unspecified atom stereocenters. The quantitative estimate of drug-likeness (QED) is 0.747. The summed E-state index contributed by atoms with van der Waals surface area (Å²) in [5.41, 5.74) is 7.00. The lowest BCUT2D eigenvalue weighted by Crippen LogP contribution is -2.45. The summed E-state index contributed by atoms with van der Waals surface area (Å²) in [6.45, 7) is 9.65. The van der Waals surface area contributed by atoms with Gasteiger partial charge in [0.25, 0.3) is 0 Å². The predicted octanol–water partition coefficient (Wildman–Crippen LogP) is 4.99. The first-order valence-corrected chi connectivity index (χ1v) is 8.69.